The van der Waals surface area contributed by atoms with Gasteiger partial charge in [0.05, 0.1) is 40.1 Å². The van der Waals surface area contributed by atoms with E-state index >= 15 is 0 Å². The number of para-hydroxylation sites is 1. The van der Waals surface area contributed by atoms with Crippen LogP contribution in [0.4, 0.5) is 23.5 Å². The number of nitrogens with one attached hydrogen (secondary N) is 1. The highest BCUT2D eigenvalue weighted by Crippen LogP contribution is 2.32. The summed E-state index contributed by atoms with van der Waals surface area (Å²) < 4.78 is 60.4. The van der Waals surface area contributed by atoms with Crippen LogP contribution >= 0.6 is 0 Å². The second-order valence-electron chi connectivity index (χ2n) is 8.82. The third-order valence-electron chi connectivity index (χ3n) is 6.31. The highest BCUT2D eigenvalue weighted by atomic mass is 19.4. The number of fused-ring (bicyclic) bond motifs is 2. The normalized spacial score (nSPS) is 13.5. The van der Waals surface area contributed by atoms with Crippen LogP contribution in [-0.4, -0.2) is 26.1 Å². The van der Waals surface area contributed by atoms with E-state index in [0.717, 1.165) is 12.1 Å². The van der Waals surface area contributed by atoms with Crippen LogP contribution in [0, 0.1) is 5.82 Å². The fourth-order valence-electron chi connectivity index (χ4n) is 4.47. The lowest BCUT2D eigenvalue weighted by molar-refractivity contribution is -0.137. The number of H-pyrrole nitrogens is 1. The molecule has 1 aliphatic rings. The van der Waals surface area contributed by atoms with Crippen molar-refractivity contribution < 1.29 is 22.3 Å². The number of aromatic amines is 1. The molecule has 38 heavy (non-hydrogen) atoms. The molecule has 11 heteroatoms. The molecule has 0 fully saturated rings. The SMILES string of the molecule is O=c1c2c(nc(Oc3cccc(F)c3)n1-c1ccccc1)CCN(c1nc3ccc(C(F)(F)F)cc3[nH]1)C2. The lowest BCUT2D eigenvalue weighted by Gasteiger charge is -2.28. The molecule has 0 unspecified atom stereocenters. The van der Waals surface area contributed by atoms with Crippen molar-refractivity contribution in [2.45, 2.75) is 19.1 Å². The van der Waals surface area contributed by atoms with E-state index in [1.54, 1.807) is 41.3 Å². The Kier molecular flexibility index (Phi) is 5.63. The summed E-state index contributed by atoms with van der Waals surface area (Å²) in [5.74, 6) is 0.0630. The molecule has 0 saturated heterocycles. The minimum Gasteiger partial charge on any atom is -0.425 e. The number of alkyl halides is 3. The molecule has 0 amide bonds. The van der Waals surface area contributed by atoms with Gasteiger partial charge < -0.3 is 14.6 Å². The van der Waals surface area contributed by atoms with E-state index in [1.165, 1.54) is 28.8 Å². The van der Waals surface area contributed by atoms with E-state index < -0.39 is 17.6 Å². The first-order valence-electron chi connectivity index (χ1n) is 11.7. The summed E-state index contributed by atoms with van der Waals surface area (Å²) in [5.41, 5.74) is 0.942. The number of halogens is 4. The zero-order valence-corrected chi connectivity index (χ0v) is 19.7. The van der Waals surface area contributed by atoms with E-state index in [-0.39, 0.29) is 29.4 Å². The van der Waals surface area contributed by atoms with Gasteiger partial charge in [0.25, 0.3) is 5.56 Å². The number of hydrogen-bond donors (Lipinski definition) is 1. The Morgan fingerprint density at radius 1 is 0.947 bits per heavy atom. The average Bonchev–Trinajstić information content (AvgIpc) is 3.32. The molecule has 0 atom stereocenters. The largest absolute Gasteiger partial charge is 0.425 e. The van der Waals surface area contributed by atoms with Crippen LogP contribution < -0.4 is 15.2 Å². The number of benzene rings is 3. The van der Waals surface area contributed by atoms with Gasteiger partial charge in [-0.25, -0.2) is 18.9 Å². The third kappa shape index (κ3) is 4.36. The Balaban J connectivity index is 1.40. The molecule has 3 aromatic carbocycles. The molecule has 0 spiro atoms. The molecule has 2 aromatic heterocycles. The van der Waals surface area contributed by atoms with Crippen LogP contribution in [0.15, 0.2) is 77.6 Å². The van der Waals surface area contributed by atoms with Crippen molar-refractivity contribution in [1.29, 1.82) is 0 Å². The van der Waals surface area contributed by atoms with Gasteiger partial charge in [0.15, 0.2) is 0 Å². The second-order valence-corrected chi connectivity index (χ2v) is 8.82. The monoisotopic (exact) mass is 521 g/mol. The highest BCUT2D eigenvalue weighted by Gasteiger charge is 2.31. The molecule has 1 N–H and O–H groups in total. The fraction of sp³-hybridized carbons (Fsp3) is 0.148. The van der Waals surface area contributed by atoms with Gasteiger partial charge in [-0.3, -0.25) is 4.79 Å². The predicted molar refractivity (Wildman–Crippen MR) is 132 cm³/mol. The Labute approximate surface area is 213 Å². The lowest BCUT2D eigenvalue weighted by Crippen LogP contribution is -2.38. The van der Waals surface area contributed by atoms with E-state index in [9.17, 15) is 22.4 Å². The maximum Gasteiger partial charge on any atom is 0.416 e. The molecule has 0 radical (unpaired) electrons. The van der Waals surface area contributed by atoms with Crippen LogP contribution in [0.25, 0.3) is 16.7 Å². The van der Waals surface area contributed by atoms with Gasteiger partial charge >= 0.3 is 12.2 Å². The molecule has 3 heterocycles. The first kappa shape index (κ1) is 23.7. The van der Waals surface area contributed by atoms with E-state index in [0.29, 0.717) is 41.4 Å². The molecular formula is C27H19F4N5O2. The fourth-order valence-corrected chi connectivity index (χ4v) is 4.47. The van der Waals surface area contributed by atoms with E-state index in [1.807, 2.05) is 0 Å². The van der Waals surface area contributed by atoms with Crippen molar-refractivity contribution in [2.24, 2.45) is 0 Å². The number of hydrogen-bond acceptors (Lipinski definition) is 5. The third-order valence-corrected chi connectivity index (χ3v) is 6.31. The minimum absolute atomic E-state index is 0.00224. The molecule has 0 saturated carbocycles. The van der Waals surface area contributed by atoms with Gasteiger partial charge in [-0.05, 0) is 42.5 Å². The van der Waals surface area contributed by atoms with Crippen molar-refractivity contribution in [3.8, 4) is 17.4 Å². The lowest BCUT2D eigenvalue weighted by atomic mass is 10.1. The number of anilines is 1. The van der Waals surface area contributed by atoms with E-state index in [2.05, 4.69) is 15.0 Å². The molecule has 1 aliphatic heterocycles. The van der Waals surface area contributed by atoms with Gasteiger partial charge in [-0.2, -0.15) is 13.2 Å². The summed E-state index contributed by atoms with van der Waals surface area (Å²) in [6, 6.07) is 17.7. The zero-order valence-electron chi connectivity index (χ0n) is 19.7. The van der Waals surface area contributed by atoms with Crippen LogP contribution in [0.1, 0.15) is 16.8 Å². The highest BCUT2D eigenvalue weighted by molar-refractivity contribution is 5.78. The summed E-state index contributed by atoms with van der Waals surface area (Å²) in [6.45, 7) is 0.556. The molecular weight excluding hydrogens is 502 g/mol. The molecule has 0 aliphatic carbocycles. The maximum atomic E-state index is 13.8. The average molecular weight is 521 g/mol. The Hall–Kier alpha value is -4.67. The smallest absolute Gasteiger partial charge is 0.416 e. The van der Waals surface area contributed by atoms with Crippen molar-refractivity contribution in [2.75, 3.05) is 11.4 Å². The Morgan fingerprint density at radius 2 is 1.76 bits per heavy atom. The summed E-state index contributed by atoms with van der Waals surface area (Å²) in [5, 5.41) is 0. The molecule has 7 nitrogen and oxygen atoms in total. The van der Waals surface area contributed by atoms with Crippen molar-refractivity contribution in [3.05, 3.63) is 106 Å². The van der Waals surface area contributed by atoms with E-state index in [4.69, 9.17) is 4.74 Å². The van der Waals surface area contributed by atoms with Crippen LogP contribution in [0.2, 0.25) is 0 Å². The standard InChI is InChI=1S/C27H19F4N5O2/c28-17-5-4-8-19(14-17)38-26-34-21-11-12-35(15-20(21)24(37)36(26)18-6-2-1-3-7-18)25-32-22-10-9-16(27(29,30)31)13-23(22)33-25/h1-10,13-14H,11-12,15H2,(H,32,33). The van der Waals surface area contributed by atoms with Crippen LogP contribution in [0.3, 0.4) is 0 Å². The quantitative estimate of drug-likeness (QED) is 0.311. The Bertz CT molecular complexity index is 1710. The molecule has 192 valence electrons. The van der Waals surface area contributed by atoms with Gasteiger partial charge in [0.2, 0.25) is 5.95 Å². The van der Waals surface area contributed by atoms with Gasteiger partial charge in [0, 0.05) is 19.0 Å². The van der Waals surface area contributed by atoms with Crippen LogP contribution in [-0.2, 0) is 19.1 Å². The summed E-state index contributed by atoms with van der Waals surface area (Å²) in [7, 11) is 0. The minimum atomic E-state index is -4.47. The van der Waals surface area contributed by atoms with Gasteiger partial charge in [-0.15, -0.1) is 0 Å². The zero-order chi connectivity index (χ0) is 26.4. The first-order chi connectivity index (χ1) is 18.3. The predicted octanol–water partition coefficient (Wildman–Crippen LogP) is 5.62. The number of aromatic nitrogens is 4. The second kappa shape index (κ2) is 9.02. The number of nitrogens with zero attached hydrogens (tertiary/aromatic N) is 4. The van der Waals surface area contributed by atoms with Gasteiger partial charge in [0.1, 0.15) is 11.6 Å². The summed E-state index contributed by atoms with van der Waals surface area (Å²) >= 11 is 0. The van der Waals surface area contributed by atoms with Crippen LogP contribution in [0.5, 0.6) is 11.8 Å². The molecule has 5 aromatic rings. The topological polar surface area (TPSA) is 76.0 Å². The van der Waals surface area contributed by atoms with Crippen molar-refractivity contribution >= 4 is 17.0 Å². The summed E-state index contributed by atoms with van der Waals surface area (Å²) in [6.07, 6.45) is -4.10. The maximum absolute atomic E-state index is 13.8. The van der Waals surface area contributed by atoms with Crippen molar-refractivity contribution in [1.82, 2.24) is 19.5 Å². The Morgan fingerprint density at radius 3 is 2.53 bits per heavy atom. The number of imidazole rings is 1. The number of rotatable bonds is 4. The number of ether oxygens (including phenoxy) is 1. The van der Waals surface area contributed by atoms with Gasteiger partial charge in [-0.1, -0.05) is 24.3 Å². The summed E-state index contributed by atoms with van der Waals surface area (Å²) in [4.78, 5) is 27.6. The molecule has 0 bridgehead atoms. The van der Waals surface area contributed by atoms with Crippen molar-refractivity contribution in [3.63, 3.8) is 0 Å². The molecule has 6 rings (SSSR count). The first-order valence-corrected chi connectivity index (χ1v) is 11.7.